The molecule has 1 rings (SSSR count). The maximum Gasteiger partial charge on any atom is 0.564 e. The zero-order valence-electron chi connectivity index (χ0n) is 11.9. The Balaban J connectivity index is 0.000000388. The van der Waals surface area contributed by atoms with Gasteiger partial charge in [-0.05, 0) is 6.92 Å². The molecule has 8 nitrogen and oxygen atoms in total. The second-order valence-corrected chi connectivity index (χ2v) is 4.68. The zero-order valence-corrected chi connectivity index (χ0v) is 12.8. The van der Waals surface area contributed by atoms with Crippen molar-refractivity contribution in [2.45, 2.75) is 6.92 Å². The Bertz CT molecular complexity index is 360. The summed E-state index contributed by atoms with van der Waals surface area (Å²) in [5.74, 6) is 0. The Labute approximate surface area is 120 Å². The Morgan fingerprint density at radius 1 is 1.20 bits per heavy atom. The lowest BCUT2D eigenvalue weighted by Crippen LogP contribution is -2.15. The van der Waals surface area contributed by atoms with Crippen LogP contribution in [0.15, 0.2) is 12.4 Å². The molecule has 0 unspecified atom stereocenters. The first-order valence-corrected chi connectivity index (χ1v) is 7.33. The fourth-order valence-corrected chi connectivity index (χ4v) is 1.34. The van der Waals surface area contributed by atoms with Gasteiger partial charge in [0.1, 0.15) is 0 Å². The topological polar surface area (TPSA) is 91.4 Å². The van der Waals surface area contributed by atoms with E-state index >= 15 is 0 Å². The van der Waals surface area contributed by atoms with E-state index in [9.17, 15) is 13.0 Å². The van der Waals surface area contributed by atoms with Crippen molar-refractivity contribution in [3.8, 4) is 0 Å². The van der Waals surface area contributed by atoms with Crippen molar-refractivity contribution >= 4 is 10.4 Å². The highest BCUT2D eigenvalue weighted by Gasteiger charge is 2.25. The van der Waals surface area contributed by atoms with E-state index in [0.29, 0.717) is 13.2 Å². The van der Waals surface area contributed by atoms with Gasteiger partial charge in [-0.15, -0.1) is 9.80 Å². The van der Waals surface area contributed by atoms with Crippen LogP contribution in [-0.2, 0) is 24.1 Å². The fraction of sp³-hybridized carbons (Fsp3) is 0.727. The number of methoxy groups -OCH3 is 1. The molecule has 0 atom stereocenters. The molecule has 0 amide bonds. The molecule has 0 bridgehead atoms. The molecule has 1 aliphatic rings. The van der Waals surface area contributed by atoms with E-state index in [2.05, 4.69) is 22.5 Å². The highest BCUT2D eigenvalue weighted by atomic mass is 32.3. The van der Waals surface area contributed by atoms with E-state index in [0.717, 1.165) is 6.54 Å². The van der Waals surface area contributed by atoms with Gasteiger partial charge in [-0.3, -0.25) is 4.18 Å². The number of nitrogens with zero attached hydrogens (tertiary/aromatic N) is 2. The maximum absolute atomic E-state index is 9.86. The first kappa shape index (κ1) is 19.0. The average Bonchev–Trinajstić information content (AvgIpc) is 2.79. The minimum Gasteiger partial charge on any atom is -0.726 e. The lowest BCUT2D eigenvalue weighted by molar-refractivity contribution is 0.0532. The van der Waals surface area contributed by atoms with E-state index in [1.807, 2.05) is 29.2 Å². The summed E-state index contributed by atoms with van der Waals surface area (Å²) in [6.45, 7) is 6.73. The smallest absolute Gasteiger partial charge is 0.564 e. The van der Waals surface area contributed by atoms with Crippen LogP contribution in [0.4, 0.5) is 0 Å². The Morgan fingerprint density at radius 2 is 1.85 bits per heavy atom. The molecule has 1 heterocycles. The quantitative estimate of drug-likeness (QED) is 0.264. The normalized spacial score (nSPS) is 14.0. The lowest BCUT2D eigenvalue weighted by atomic mass is 10.6. The van der Waals surface area contributed by atoms with Crippen molar-refractivity contribution < 1.29 is 26.6 Å². The number of hydrogen-bond acceptors (Lipinski definition) is 8. The standard InChI is InChI=1S/C6H10N2.C5H12O6S/c1-3-8-5-4-7(2)6-8;1-9-2-3-10-4-5-11-12(6,7)8/h4-5H,3H2,1-2H3;2-5H2,1H3,(H,6,7,8)/q+1;/p-1. The molecule has 0 aliphatic carbocycles. The van der Waals surface area contributed by atoms with Gasteiger partial charge in [-0.2, -0.15) is 0 Å². The van der Waals surface area contributed by atoms with E-state index in [4.69, 9.17) is 4.74 Å². The summed E-state index contributed by atoms with van der Waals surface area (Å²) in [6.07, 6.45) is 3.98. The summed E-state index contributed by atoms with van der Waals surface area (Å²) in [7, 11) is -1.10. The third-order valence-corrected chi connectivity index (χ3v) is 2.44. The van der Waals surface area contributed by atoms with Crippen molar-refractivity contribution in [2.75, 3.05) is 47.1 Å². The van der Waals surface area contributed by atoms with Crippen molar-refractivity contribution in [1.82, 2.24) is 9.80 Å². The van der Waals surface area contributed by atoms with Crippen molar-refractivity contribution in [3.05, 3.63) is 19.1 Å². The number of rotatable bonds is 8. The Kier molecular flexibility index (Phi) is 10.2. The maximum atomic E-state index is 9.86. The predicted octanol–water partition coefficient (Wildman–Crippen LogP) is -0.153. The summed E-state index contributed by atoms with van der Waals surface area (Å²) in [4.78, 5) is 3.91. The molecule has 117 valence electrons. The zero-order chi connectivity index (χ0) is 15.4. The molecular formula is C11H21N2O6S. The lowest BCUT2D eigenvalue weighted by Gasteiger charge is -2.07. The number of ether oxygens (including phenoxy) is 2. The summed E-state index contributed by atoms with van der Waals surface area (Å²) in [5.41, 5.74) is 0. The molecule has 0 spiro atoms. The summed E-state index contributed by atoms with van der Waals surface area (Å²) >= 11 is 0. The van der Waals surface area contributed by atoms with Crippen LogP contribution in [0.1, 0.15) is 6.92 Å². The van der Waals surface area contributed by atoms with Crippen LogP contribution in [-0.4, -0.2) is 69.9 Å². The second-order valence-electron chi connectivity index (χ2n) is 3.63. The van der Waals surface area contributed by atoms with E-state index in [-0.39, 0.29) is 13.2 Å². The van der Waals surface area contributed by atoms with Gasteiger partial charge >= 0.3 is 6.67 Å². The highest BCUT2D eigenvalue weighted by molar-refractivity contribution is 7.80. The van der Waals surface area contributed by atoms with Crippen molar-refractivity contribution in [3.63, 3.8) is 0 Å². The molecule has 0 aromatic carbocycles. The van der Waals surface area contributed by atoms with Gasteiger partial charge in [0, 0.05) is 7.11 Å². The molecule has 0 N–H and O–H groups in total. The van der Waals surface area contributed by atoms with Crippen LogP contribution in [0.3, 0.4) is 0 Å². The highest BCUT2D eigenvalue weighted by Crippen LogP contribution is 2.06. The fourth-order valence-electron chi connectivity index (χ4n) is 1.07. The minimum absolute atomic E-state index is 0.0603. The summed E-state index contributed by atoms with van der Waals surface area (Å²) in [6, 6.07) is 0. The van der Waals surface area contributed by atoms with Gasteiger partial charge in [-0.25, -0.2) is 8.42 Å². The third kappa shape index (κ3) is 12.1. The molecule has 0 saturated carbocycles. The van der Waals surface area contributed by atoms with Crippen LogP contribution in [0.25, 0.3) is 0 Å². The first-order valence-electron chi connectivity index (χ1n) is 6.00. The van der Waals surface area contributed by atoms with Gasteiger partial charge in [-0.1, -0.05) is 0 Å². The second kappa shape index (κ2) is 10.7. The molecule has 0 aromatic rings. The van der Waals surface area contributed by atoms with E-state index in [1.165, 1.54) is 7.11 Å². The molecule has 0 fully saturated rings. The molecular weight excluding hydrogens is 288 g/mol. The van der Waals surface area contributed by atoms with Gasteiger partial charge in [0.2, 0.25) is 10.4 Å². The monoisotopic (exact) mass is 309 g/mol. The van der Waals surface area contributed by atoms with Crippen molar-refractivity contribution in [1.29, 1.82) is 0 Å². The summed E-state index contributed by atoms with van der Waals surface area (Å²) in [5, 5.41) is 0. The molecule has 20 heavy (non-hydrogen) atoms. The van der Waals surface area contributed by atoms with Crippen LogP contribution >= 0.6 is 0 Å². The Hall–Kier alpha value is -1.00. The van der Waals surface area contributed by atoms with E-state index < -0.39 is 10.4 Å². The van der Waals surface area contributed by atoms with E-state index in [1.54, 1.807) is 0 Å². The molecule has 9 heteroatoms. The average molecular weight is 309 g/mol. The van der Waals surface area contributed by atoms with Crippen LogP contribution < -0.4 is 0 Å². The SMILES string of the molecule is CCN1[C+]N(C)C=C1.COCCOCCOS(=O)(=O)[O-]. The predicted molar refractivity (Wildman–Crippen MR) is 70.9 cm³/mol. The van der Waals surface area contributed by atoms with Crippen LogP contribution in [0, 0.1) is 6.67 Å². The molecule has 0 aromatic heterocycles. The van der Waals surface area contributed by atoms with Gasteiger partial charge < -0.3 is 14.0 Å². The summed E-state index contributed by atoms with van der Waals surface area (Å²) < 4.78 is 42.9. The number of hydrogen-bond donors (Lipinski definition) is 0. The van der Waals surface area contributed by atoms with Crippen molar-refractivity contribution in [2.24, 2.45) is 0 Å². The largest absolute Gasteiger partial charge is 0.726 e. The third-order valence-electron chi connectivity index (χ3n) is 1.98. The minimum atomic E-state index is -4.58. The first-order chi connectivity index (χ1) is 9.39. The van der Waals surface area contributed by atoms with Crippen LogP contribution in [0.2, 0.25) is 0 Å². The molecule has 0 saturated heterocycles. The molecule has 1 aliphatic heterocycles. The van der Waals surface area contributed by atoms with Crippen LogP contribution in [0.5, 0.6) is 0 Å². The van der Waals surface area contributed by atoms with Gasteiger partial charge in [0.05, 0.1) is 52.4 Å². The van der Waals surface area contributed by atoms with Gasteiger partial charge in [0.15, 0.2) is 0 Å². The molecule has 1 radical (unpaired) electrons. The van der Waals surface area contributed by atoms with Gasteiger partial charge in [0.25, 0.3) is 0 Å². The Morgan fingerprint density at radius 3 is 2.25 bits per heavy atom.